The van der Waals surface area contributed by atoms with Crippen molar-refractivity contribution in [2.75, 3.05) is 0 Å². The van der Waals surface area contributed by atoms with Gasteiger partial charge in [-0.25, -0.2) is 4.98 Å². The Morgan fingerprint density at radius 1 is 1.21 bits per heavy atom. The lowest BCUT2D eigenvalue weighted by Crippen LogP contribution is -2.23. The van der Waals surface area contributed by atoms with Crippen LogP contribution >= 0.6 is 11.3 Å². The molecule has 0 unspecified atom stereocenters. The highest BCUT2D eigenvalue weighted by atomic mass is 32.1. The van der Waals surface area contributed by atoms with Crippen LogP contribution in [0.1, 0.15) is 60.9 Å². The van der Waals surface area contributed by atoms with Crippen molar-refractivity contribution in [2.45, 2.75) is 65.0 Å². The van der Waals surface area contributed by atoms with Crippen molar-refractivity contribution in [1.82, 2.24) is 19.7 Å². The molecule has 4 aromatic rings. The minimum absolute atomic E-state index is 0.0527. The number of esters is 1. The predicted octanol–water partition coefficient (Wildman–Crippen LogP) is 4.64. The summed E-state index contributed by atoms with van der Waals surface area (Å²) < 4.78 is 12.0. The maximum absolute atomic E-state index is 13.0. The maximum Gasteiger partial charge on any atom is 0.308 e. The summed E-state index contributed by atoms with van der Waals surface area (Å²) in [5.41, 5.74) is 3.13. The Labute approximate surface area is 200 Å². The molecular weight excluding hydrogens is 452 g/mol. The molecule has 8 nitrogen and oxygen atoms in total. The number of carbonyl (C=O) groups is 1. The summed E-state index contributed by atoms with van der Waals surface area (Å²) in [6, 6.07) is 7.97. The highest BCUT2D eigenvalue weighted by Crippen LogP contribution is 2.33. The van der Waals surface area contributed by atoms with Crippen molar-refractivity contribution >= 4 is 27.5 Å². The Hall–Kier alpha value is -3.33. The maximum atomic E-state index is 13.0. The third-order valence-electron chi connectivity index (χ3n) is 6.16. The summed E-state index contributed by atoms with van der Waals surface area (Å²) in [6.45, 7) is 4.37. The molecule has 0 fully saturated rings. The van der Waals surface area contributed by atoms with Gasteiger partial charge >= 0.3 is 5.97 Å². The van der Waals surface area contributed by atoms with Gasteiger partial charge in [-0.1, -0.05) is 43.3 Å². The molecule has 3 heterocycles. The van der Waals surface area contributed by atoms with Gasteiger partial charge < -0.3 is 9.26 Å². The fourth-order valence-electron chi connectivity index (χ4n) is 4.21. The molecule has 0 amide bonds. The minimum Gasteiger partial charge on any atom is -0.456 e. The number of benzene rings is 1. The number of carbonyl (C=O) groups excluding carboxylic acids is 1. The van der Waals surface area contributed by atoms with Gasteiger partial charge in [-0.3, -0.25) is 14.2 Å². The normalized spacial score (nSPS) is 13.4. The molecule has 1 aliphatic rings. The zero-order chi connectivity index (χ0) is 23.7. The number of hydrogen-bond acceptors (Lipinski definition) is 8. The van der Waals surface area contributed by atoms with Crippen molar-refractivity contribution in [2.24, 2.45) is 0 Å². The molecule has 34 heavy (non-hydrogen) atoms. The highest BCUT2D eigenvalue weighted by molar-refractivity contribution is 7.18. The number of ether oxygens (including phenoxy) is 1. The van der Waals surface area contributed by atoms with Crippen molar-refractivity contribution < 1.29 is 14.1 Å². The Morgan fingerprint density at radius 2 is 2.00 bits per heavy atom. The fraction of sp³-hybridized carbons (Fsp3) is 0.400. The van der Waals surface area contributed by atoms with E-state index < -0.39 is 5.97 Å². The SMILES string of the molecule is CC(C)c1ccc(-c2noc(COC(=O)CCn3cnc4sc5c(c4c3=O)CCCC5)n2)cc1. The monoisotopic (exact) mass is 478 g/mol. The molecule has 3 aromatic heterocycles. The van der Waals surface area contributed by atoms with E-state index in [9.17, 15) is 9.59 Å². The Kier molecular flexibility index (Phi) is 6.28. The molecule has 0 aliphatic heterocycles. The van der Waals surface area contributed by atoms with Crippen molar-refractivity contribution in [3.8, 4) is 11.4 Å². The summed E-state index contributed by atoms with van der Waals surface area (Å²) in [4.78, 5) is 36.1. The van der Waals surface area contributed by atoms with Gasteiger partial charge in [0.2, 0.25) is 5.82 Å². The first-order valence-electron chi connectivity index (χ1n) is 11.6. The smallest absolute Gasteiger partial charge is 0.308 e. The summed E-state index contributed by atoms with van der Waals surface area (Å²) >= 11 is 1.62. The first-order valence-corrected chi connectivity index (χ1v) is 12.4. The highest BCUT2D eigenvalue weighted by Gasteiger charge is 2.20. The molecule has 9 heteroatoms. The van der Waals surface area contributed by atoms with Crippen LogP contribution in [0.5, 0.6) is 0 Å². The average molecular weight is 479 g/mol. The Bertz CT molecular complexity index is 1380. The molecule has 1 aromatic carbocycles. The van der Waals surface area contributed by atoms with E-state index in [1.165, 1.54) is 21.3 Å². The molecule has 0 saturated carbocycles. The number of hydrogen-bond donors (Lipinski definition) is 0. The van der Waals surface area contributed by atoms with Crippen LogP contribution in [0.25, 0.3) is 21.6 Å². The van der Waals surface area contributed by atoms with Crippen LogP contribution in [0.15, 0.2) is 39.9 Å². The van der Waals surface area contributed by atoms with E-state index in [1.807, 2.05) is 24.3 Å². The van der Waals surface area contributed by atoms with Crippen LogP contribution in [0, 0.1) is 0 Å². The fourth-order valence-corrected chi connectivity index (χ4v) is 5.43. The lowest BCUT2D eigenvalue weighted by atomic mass is 9.97. The van der Waals surface area contributed by atoms with Gasteiger partial charge in [0, 0.05) is 17.0 Å². The lowest BCUT2D eigenvalue weighted by Gasteiger charge is -2.10. The van der Waals surface area contributed by atoms with E-state index in [0.29, 0.717) is 11.7 Å². The zero-order valence-corrected chi connectivity index (χ0v) is 20.1. The van der Waals surface area contributed by atoms with Gasteiger partial charge in [-0.15, -0.1) is 11.3 Å². The van der Waals surface area contributed by atoms with Gasteiger partial charge in [-0.2, -0.15) is 4.98 Å². The van der Waals surface area contributed by atoms with Crippen LogP contribution < -0.4 is 5.56 Å². The van der Waals surface area contributed by atoms with E-state index in [1.54, 1.807) is 11.3 Å². The summed E-state index contributed by atoms with van der Waals surface area (Å²) in [5.74, 6) is 0.673. The second kappa shape index (κ2) is 9.50. The second-order valence-corrected chi connectivity index (χ2v) is 9.92. The molecule has 176 valence electrons. The van der Waals surface area contributed by atoms with Crippen LogP contribution in [0.2, 0.25) is 0 Å². The van der Waals surface area contributed by atoms with Crippen LogP contribution in [-0.2, 0) is 35.5 Å². The first-order chi connectivity index (χ1) is 16.5. The van der Waals surface area contributed by atoms with Crippen molar-refractivity contribution in [3.63, 3.8) is 0 Å². The molecule has 0 spiro atoms. The van der Waals surface area contributed by atoms with E-state index in [0.717, 1.165) is 47.0 Å². The molecule has 5 rings (SSSR count). The topological polar surface area (TPSA) is 100 Å². The predicted molar refractivity (Wildman–Crippen MR) is 129 cm³/mol. The van der Waals surface area contributed by atoms with Crippen molar-refractivity contribution in [3.05, 3.63) is 62.8 Å². The van der Waals surface area contributed by atoms with E-state index in [4.69, 9.17) is 9.26 Å². The van der Waals surface area contributed by atoms with E-state index in [-0.39, 0.29) is 31.0 Å². The van der Waals surface area contributed by atoms with Crippen LogP contribution in [0.3, 0.4) is 0 Å². The lowest BCUT2D eigenvalue weighted by molar-refractivity contribution is -0.146. The third kappa shape index (κ3) is 4.52. The van der Waals surface area contributed by atoms with E-state index >= 15 is 0 Å². The second-order valence-electron chi connectivity index (χ2n) is 8.83. The number of aryl methyl sites for hydroxylation is 3. The minimum atomic E-state index is -0.444. The summed E-state index contributed by atoms with van der Waals surface area (Å²) in [5, 5.41) is 4.69. The summed E-state index contributed by atoms with van der Waals surface area (Å²) in [7, 11) is 0. The average Bonchev–Trinajstić information content (AvgIpc) is 3.47. The standard InChI is InChI=1S/C25H26N4O4S/c1-15(2)16-7-9-17(10-8-16)23-27-20(33-28-23)13-32-21(30)11-12-29-14-26-24-22(25(29)31)18-5-3-4-6-19(18)34-24/h7-10,14-15H,3-6,11-13H2,1-2H3. The third-order valence-corrected chi connectivity index (χ3v) is 7.36. The van der Waals surface area contributed by atoms with E-state index in [2.05, 4.69) is 29.0 Å². The number of nitrogens with zero attached hydrogens (tertiary/aromatic N) is 4. The number of thiophene rings is 1. The molecule has 0 atom stereocenters. The molecule has 0 bridgehead atoms. The molecular formula is C25H26N4O4S. The molecule has 0 saturated heterocycles. The van der Waals surface area contributed by atoms with Gasteiger partial charge in [0.1, 0.15) is 4.83 Å². The Morgan fingerprint density at radius 3 is 2.79 bits per heavy atom. The van der Waals surface area contributed by atoms with Crippen molar-refractivity contribution in [1.29, 1.82) is 0 Å². The van der Waals surface area contributed by atoms with Crippen LogP contribution in [-0.4, -0.2) is 25.7 Å². The zero-order valence-electron chi connectivity index (χ0n) is 19.2. The van der Waals surface area contributed by atoms with Gasteiger partial charge in [0.15, 0.2) is 6.61 Å². The van der Waals surface area contributed by atoms with Gasteiger partial charge in [0.25, 0.3) is 11.4 Å². The first kappa shape index (κ1) is 22.5. The number of aromatic nitrogens is 4. The molecule has 1 aliphatic carbocycles. The summed E-state index contributed by atoms with van der Waals surface area (Å²) in [6.07, 6.45) is 5.77. The largest absolute Gasteiger partial charge is 0.456 e. The number of rotatable bonds is 7. The van der Waals surface area contributed by atoms with Gasteiger partial charge in [0.05, 0.1) is 18.1 Å². The number of fused-ring (bicyclic) bond motifs is 3. The Balaban J connectivity index is 1.19. The quantitative estimate of drug-likeness (QED) is 0.357. The molecule has 0 N–H and O–H groups in total. The van der Waals surface area contributed by atoms with Crippen LogP contribution in [0.4, 0.5) is 0 Å². The molecule has 0 radical (unpaired) electrons. The van der Waals surface area contributed by atoms with Gasteiger partial charge in [-0.05, 0) is 42.7 Å².